The summed E-state index contributed by atoms with van der Waals surface area (Å²) < 4.78 is 43.5. The van der Waals surface area contributed by atoms with Crippen molar-refractivity contribution in [3.63, 3.8) is 0 Å². The standard InChI is InChI=1S/C39H40ClF3N8O5/c40-27-7-8-44-35-34(27)39(22-45-35,20-31(42)43)23-3-1-4-24(17-23)50-16-13-48(21-33(50)53)10-2-9-47-11-14-49(15-12-47)30-19-26-25(18-28(30)41)37(55)51(38(26)56)29-5-6-32(52)46-36(29)54/h1,3-4,7-8,17-19,29,31H,2,5-6,9-16,20-22H2,(H,44,45)(H,46,52,54). The van der Waals surface area contributed by atoms with Crippen LogP contribution in [0.3, 0.4) is 0 Å². The summed E-state index contributed by atoms with van der Waals surface area (Å²) >= 11 is 6.55. The fraction of sp³-hybridized carbons (Fsp3) is 0.436. The number of nitrogens with one attached hydrogen (secondary N) is 2. The summed E-state index contributed by atoms with van der Waals surface area (Å²) in [6.07, 6.45) is -0.674. The van der Waals surface area contributed by atoms with Crippen LogP contribution >= 0.6 is 11.6 Å². The molecule has 13 nitrogen and oxygen atoms in total. The second kappa shape index (κ2) is 15.1. The Kier molecular flexibility index (Phi) is 10.2. The highest BCUT2D eigenvalue weighted by atomic mass is 35.5. The predicted molar refractivity (Wildman–Crippen MR) is 201 cm³/mol. The lowest BCUT2D eigenvalue weighted by atomic mass is 9.74. The number of fused-ring (bicyclic) bond motifs is 2. The van der Waals surface area contributed by atoms with E-state index in [-0.39, 0.29) is 48.7 Å². The maximum atomic E-state index is 15.4. The summed E-state index contributed by atoms with van der Waals surface area (Å²) in [6, 6.07) is 10.2. The lowest BCUT2D eigenvalue weighted by Gasteiger charge is -2.37. The maximum absolute atomic E-state index is 15.4. The lowest BCUT2D eigenvalue weighted by Crippen LogP contribution is -2.54. The Morgan fingerprint density at radius 2 is 1.64 bits per heavy atom. The molecular weight excluding hydrogens is 753 g/mol. The number of halogens is 4. The van der Waals surface area contributed by atoms with Crippen LogP contribution in [0.25, 0.3) is 0 Å². The van der Waals surface area contributed by atoms with E-state index in [0.29, 0.717) is 73.5 Å². The molecule has 5 amide bonds. The fourth-order valence-electron chi connectivity index (χ4n) is 8.76. The zero-order valence-electron chi connectivity index (χ0n) is 30.4. The van der Waals surface area contributed by atoms with E-state index in [4.69, 9.17) is 11.6 Å². The number of rotatable bonds is 10. The molecule has 2 N–H and O–H groups in total. The molecule has 2 atom stereocenters. The van der Waals surface area contributed by atoms with Gasteiger partial charge in [-0.2, -0.15) is 0 Å². The summed E-state index contributed by atoms with van der Waals surface area (Å²) in [5.74, 6) is -2.84. The molecule has 5 aliphatic heterocycles. The van der Waals surface area contributed by atoms with Crippen LogP contribution in [0.15, 0.2) is 48.7 Å². The van der Waals surface area contributed by atoms with Crippen LogP contribution in [0.4, 0.5) is 30.4 Å². The number of benzene rings is 2. The normalized spacial score (nSPS) is 23.2. The van der Waals surface area contributed by atoms with Crippen LogP contribution in [0.5, 0.6) is 0 Å². The van der Waals surface area contributed by atoms with Gasteiger partial charge in [-0.05, 0) is 61.8 Å². The van der Waals surface area contributed by atoms with Gasteiger partial charge in [-0.15, -0.1) is 0 Å². The quantitative estimate of drug-likeness (QED) is 0.294. The Labute approximate surface area is 325 Å². The molecule has 3 saturated heterocycles. The molecule has 17 heteroatoms. The minimum Gasteiger partial charge on any atom is -0.369 e. The Balaban J connectivity index is 0.838. The third kappa shape index (κ3) is 6.87. The van der Waals surface area contributed by atoms with Gasteiger partial charge in [-0.3, -0.25) is 44.0 Å². The average Bonchev–Trinajstić information content (AvgIpc) is 3.66. The summed E-state index contributed by atoms with van der Waals surface area (Å²) in [5.41, 5.74) is 0.891. The Hall–Kier alpha value is -5.06. The maximum Gasteiger partial charge on any atom is 0.262 e. The Bertz CT molecular complexity index is 2120. The smallest absolute Gasteiger partial charge is 0.262 e. The van der Waals surface area contributed by atoms with Gasteiger partial charge in [0, 0.05) is 86.5 Å². The number of imide groups is 2. The van der Waals surface area contributed by atoms with Gasteiger partial charge in [0.15, 0.2) is 0 Å². The van der Waals surface area contributed by atoms with Crippen molar-refractivity contribution in [1.29, 1.82) is 0 Å². The average molecular weight is 793 g/mol. The number of carbonyl (C=O) groups is 5. The van der Waals surface area contributed by atoms with Crippen molar-refractivity contribution >= 4 is 58.3 Å². The number of amides is 5. The highest BCUT2D eigenvalue weighted by molar-refractivity contribution is 6.32. The van der Waals surface area contributed by atoms with E-state index in [9.17, 15) is 32.8 Å². The van der Waals surface area contributed by atoms with Crippen LogP contribution in [0.1, 0.15) is 57.5 Å². The highest BCUT2D eigenvalue weighted by Crippen LogP contribution is 2.48. The topological polar surface area (TPSA) is 138 Å². The summed E-state index contributed by atoms with van der Waals surface area (Å²) in [5, 5.41) is 5.67. The van der Waals surface area contributed by atoms with Crippen molar-refractivity contribution in [2.75, 3.05) is 80.6 Å². The van der Waals surface area contributed by atoms with Crippen LogP contribution in [0.2, 0.25) is 5.02 Å². The third-order valence-electron chi connectivity index (χ3n) is 11.6. The Morgan fingerprint density at radius 3 is 2.38 bits per heavy atom. The molecule has 3 fully saturated rings. The van der Waals surface area contributed by atoms with E-state index in [0.717, 1.165) is 23.9 Å². The zero-order valence-corrected chi connectivity index (χ0v) is 31.2. The van der Waals surface area contributed by atoms with E-state index < -0.39 is 53.7 Å². The largest absolute Gasteiger partial charge is 0.369 e. The molecule has 5 aliphatic rings. The van der Waals surface area contributed by atoms with Crippen LogP contribution in [-0.4, -0.2) is 127 Å². The molecule has 56 heavy (non-hydrogen) atoms. The van der Waals surface area contributed by atoms with Crippen molar-refractivity contribution in [2.45, 2.75) is 43.6 Å². The van der Waals surface area contributed by atoms with E-state index in [1.807, 2.05) is 17.0 Å². The van der Waals surface area contributed by atoms with Gasteiger partial charge in [0.25, 0.3) is 11.8 Å². The summed E-state index contributed by atoms with van der Waals surface area (Å²) in [4.78, 5) is 76.8. The zero-order chi connectivity index (χ0) is 39.3. The van der Waals surface area contributed by atoms with Crippen LogP contribution < -0.4 is 20.4 Å². The first kappa shape index (κ1) is 37.8. The molecule has 2 aromatic carbocycles. The van der Waals surface area contributed by atoms with E-state index in [1.54, 1.807) is 29.3 Å². The number of piperidine rings is 1. The summed E-state index contributed by atoms with van der Waals surface area (Å²) in [7, 11) is 0. The van der Waals surface area contributed by atoms with Gasteiger partial charge < -0.3 is 15.1 Å². The van der Waals surface area contributed by atoms with Gasteiger partial charge >= 0.3 is 0 Å². The van der Waals surface area contributed by atoms with Crippen LogP contribution in [0, 0.1) is 5.82 Å². The third-order valence-corrected chi connectivity index (χ3v) is 11.9. The lowest BCUT2D eigenvalue weighted by molar-refractivity contribution is -0.136. The molecule has 294 valence electrons. The summed E-state index contributed by atoms with van der Waals surface area (Å²) in [6.45, 7) is 5.27. The number of anilines is 3. The number of pyridine rings is 1. The molecule has 0 saturated carbocycles. The first-order valence-corrected chi connectivity index (χ1v) is 19.1. The first-order chi connectivity index (χ1) is 26.9. The fourth-order valence-corrected chi connectivity index (χ4v) is 9.09. The predicted octanol–water partition coefficient (Wildman–Crippen LogP) is 3.50. The number of carbonyl (C=O) groups excluding carboxylic acids is 5. The Morgan fingerprint density at radius 1 is 0.911 bits per heavy atom. The number of hydrogen-bond acceptors (Lipinski definition) is 10. The highest BCUT2D eigenvalue weighted by Gasteiger charge is 2.47. The molecule has 1 aromatic heterocycles. The van der Waals surface area contributed by atoms with Gasteiger partial charge in [-0.1, -0.05) is 23.7 Å². The SMILES string of the molecule is O=C1CCC(N2C(=O)c3cc(F)c(N4CCN(CCCN5CCN(c6cccc(C7(CC(F)F)CNc8nccc(Cl)c87)c6)C(=O)C5)CC4)cc3C2=O)C(=O)N1. The second-order valence-corrected chi connectivity index (χ2v) is 15.3. The molecule has 0 spiro atoms. The molecule has 0 aliphatic carbocycles. The molecule has 6 heterocycles. The number of aromatic nitrogens is 1. The van der Waals surface area contributed by atoms with E-state index in [1.165, 1.54) is 6.07 Å². The monoisotopic (exact) mass is 792 g/mol. The van der Waals surface area contributed by atoms with Crippen molar-refractivity contribution in [1.82, 2.24) is 25.0 Å². The van der Waals surface area contributed by atoms with Crippen molar-refractivity contribution < 1.29 is 37.1 Å². The molecule has 0 bridgehead atoms. The van der Waals surface area contributed by atoms with Gasteiger partial charge in [0.1, 0.15) is 17.7 Å². The van der Waals surface area contributed by atoms with Gasteiger partial charge in [0.2, 0.25) is 24.1 Å². The molecule has 3 aromatic rings. The second-order valence-electron chi connectivity index (χ2n) is 14.9. The van der Waals surface area contributed by atoms with E-state index in [2.05, 4.69) is 25.4 Å². The first-order valence-electron chi connectivity index (χ1n) is 18.8. The molecule has 0 radical (unpaired) electrons. The van der Waals surface area contributed by atoms with Gasteiger partial charge in [0.05, 0.1) is 23.4 Å². The molecule has 2 unspecified atom stereocenters. The number of alkyl halides is 2. The van der Waals surface area contributed by atoms with Crippen molar-refractivity contribution in [3.05, 3.63) is 81.8 Å². The van der Waals surface area contributed by atoms with Crippen LogP contribution in [-0.2, 0) is 19.8 Å². The number of nitrogens with zero attached hydrogens (tertiary/aromatic N) is 6. The minimum atomic E-state index is -2.59. The molecular formula is C39H40ClF3N8O5. The van der Waals surface area contributed by atoms with E-state index >= 15 is 4.39 Å². The van der Waals surface area contributed by atoms with Crippen molar-refractivity contribution in [2.24, 2.45) is 0 Å². The van der Waals surface area contributed by atoms with Gasteiger partial charge in [-0.25, -0.2) is 18.2 Å². The number of hydrogen-bond donors (Lipinski definition) is 2. The number of piperazine rings is 2. The minimum absolute atomic E-state index is 0.00321. The molecule has 8 rings (SSSR count). The van der Waals surface area contributed by atoms with Crippen molar-refractivity contribution in [3.8, 4) is 0 Å².